The van der Waals surface area contributed by atoms with E-state index in [-0.39, 0.29) is 5.91 Å². The first kappa shape index (κ1) is 17.0. The number of likely N-dealkylation sites (tertiary alicyclic amines) is 1. The quantitative estimate of drug-likeness (QED) is 0.870. The third-order valence-corrected chi connectivity index (χ3v) is 5.03. The van der Waals surface area contributed by atoms with E-state index >= 15 is 0 Å². The molecule has 0 bridgehead atoms. The Hall–Kier alpha value is -2.48. The molecule has 2 aromatic heterocycles. The Kier molecular flexibility index (Phi) is 4.83. The number of piperidine rings is 1. The molecule has 2 fully saturated rings. The van der Waals surface area contributed by atoms with Gasteiger partial charge >= 0.3 is 0 Å². The van der Waals surface area contributed by atoms with Gasteiger partial charge in [0.1, 0.15) is 11.9 Å². The highest BCUT2D eigenvalue weighted by molar-refractivity contribution is 5.78. The molecule has 0 unspecified atom stereocenters. The predicted octanol–water partition coefficient (Wildman–Crippen LogP) is 1.74. The Balaban J connectivity index is 1.42. The lowest BCUT2D eigenvalue weighted by molar-refractivity contribution is -0.127. The van der Waals surface area contributed by atoms with Gasteiger partial charge in [-0.05, 0) is 37.8 Å². The van der Waals surface area contributed by atoms with Crippen LogP contribution in [0.4, 0.5) is 5.82 Å². The average molecular weight is 356 g/mol. The molecule has 138 valence electrons. The van der Waals surface area contributed by atoms with Crippen LogP contribution in [0.5, 0.6) is 0 Å². The molecule has 1 atom stereocenters. The molecule has 8 nitrogen and oxygen atoms in total. The van der Waals surface area contributed by atoms with Crippen LogP contribution in [0.25, 0.3) is 11.4 Å². The zero-order chi connectivity index (χ0) is 17.9. The molecule has 0 saturated carbocycles. The molecule has 2 aromatic rings. The van der Waals surface area contributed by atoms with Gasteiger partial charge in [0.05, 0.1) is 0 Å². The maximum Gasteiger partial charge on any atom is 0.245 e. The molecule has 0 spiro atoms. The van der Waals surface area contributed by atoms with Gasteiger partial charge in [-0.2, -0.15) is 4.98 Å². The summed E-state index contributed by atoms with van der Waals surface area (Å²) >= 11 is 0. The van der Waals surface area contributed by atoms with E-state index < -0.39 is 6.04 Å². The molecule has 2 aliphatic rings. The molecule has 0 radical (unpaired) electrons. The van der Waals surface area contributed by atoms with E-state index in [2.05, 4.69) is 20.0 Å². The van der Waals surface area contributed by atoms with E-state index in [1.807, 2.05) is 12.1 Å². The number of aromatic nitrogens is 3. The lowest BCUT2D eigenvalue weighted by atomic mass is 10.1. The molecule has 0 aromatic carbocycles. The summed E-state index contributed by atoms with van der Waals surface area (Å²) in [6.45, 7) is 3.27. The molecule has 2 saturated heterocycles. The minimum atomic E-state index is -0.473. The van der Waals surface area contributed by atoms with Gasteiger partial charge in [-0.3, -0.25) is 4.79 Å². The molecule has 4 rings (SSSR count). The van der Waals surface area contributed by atoms with Crippen molar-refractivity contribution in [1.29, 1.82) is 0 Å². The summed E-state index contributed by atoms with van der Waals surface area (Å²) in [5, 5.41) is 4.02. The average Bonchev–Trinajstić information content (AvgIpc) is 3.32. The van der Waals surface area contributed by atoms with Gasteiger partial charge in [0.2, 0.25) is 17.6 Å². The minimum absolute atomic E-state index is 0.137. The number of hydrogen-bond donors (Lipinski definition) is 1. The topological polar surface area (TPSA) is 101 Å². The second-order valence-electron chi connectivity index (χ2n) is 6.96. The number of carbonyl (C=O) groups excluding carboxylic acids is 1. The van der Waals surface area contributed by atoms with Crippen molar-refractivity contribution >= 4 is 11.7 Å². The highest BCUT2D eigenvalue weighted by atomic mass is 16.5. The molecule has 1 amide bonds. The fourth-order valence-electron chi connectivity index (χ4n) is 3.54. The van der Waals surface area contributed by atoms with Crippen molar-refractivity contribution in [3.05, 3.63) is 24.2 Å². The summed E-state index contributed by atoms with van der Waals surface area (Å²) in [5.41, 5.74) is 6.93. The summed E-state index contributed by atoms with van der Waals surface area (Å²) in [4.78, 5) is 24.7. The number of amides is 1. The molecule has 2 N–H and O–H groups in total. The number of anilines is 1. The van der Waals surface area contributed by atoms with Gasteiger partial charge < -0.3 is 20.1 Å². The van der Waals surface area contributed by atoms with Crippen LogP contribution in [-0.2, 0) is 4.79 Å². The third-order valence-electron chi connectivity index (χ3n) is 5.03. The number of nitrogens with two attached hydrogens (primary N) is 1. The van der Waals surface area contributed by atoms with Gasteiger partial charge in [-0.25, -0.2) is 4.98 Å². The molecular formula is C18H24N6O2. The monoisotopic (exact) mass is 356 g/mol. The van der Waals surface area contributed by atoms with Crippen molar-refractivity contribution in [1.82, 2.24) is 20.0 Å². The highest BCUT2D eigenvalue weighted by Crippen LogP contribution is 2.22. The summed E-state index contributed by atoms with van der Waals surface area (Å²) in [5.74, 6) is 1.94. The minimum Gasteiger partial charge on any atom is -0.357 e. The zero-order valence-electron chi connectivity index (χ0n) is 14.8. The smallest absolute Gasteiger partial charge is 0.245 e. The SMILES string of the molecule is N[C@@H](CN1CCCC1=O)c1nc(-c2ccc(N3CCCCC3)nc2)no1. The molecule has 0 aliphatic carbocycles. The van der Waals surface area contributed by atoms with Crippen molar-refractivity contribution in [2.75, 3.05) is 31.1 Å². The number of nitrogens with zero attached hydrogens (tertiary/aromatic N) is 5. The fourth-order valence-corrected chi connectivity index (χ4v) is 3.54. The Morgan fingerprint density at radius 1 is 1.15 bits per heavy atom. The number of rotatable bonds is 5. The van der Waals surface area contributed by atoms with Gasteiger partial charge in [0, 0.05) is 44.4 Å². The summed E-state index contributed by atoms with van der Waals surface area (Å²) in [6.07, 6.45) is 6.98. The van der Waals surface area contributed by atoms with Gasteiger partial charge in [0.15, 0.2) is 0 Å². The first-order valence-corrected chi connectivity index (χ1v) is 9.29. The Labute approximate surface area is 152 Å². The standard InChI is InChI=1S/C18H24N6O2/c19-14(12-24-10-4-5-16(24)25)18-21-17(22-26-18)13-6-7-15(20-11-13)23-8-2-1-3-9-23/h6-7,11,14H,1-5,8-10,12,19H2/t14-/m0/s1. The van der Waals surface area contributed by atoms with Crippen LogP contribution in [-0.4, -0.2) is 52.1 Å². The van der Waals surface area contributed by atoms with Gasteiger partial charge in [-0.1, -0.05) is 5.16 Å². The maximum atomic E-state index is 11.7. The summed E-state index contributed by atoms with van der Waals surface area (Å²) < 4.78 is 5.31. The van der Waals surface area contributed by atoms with Crippen molar-refractivity contribution in [3.8, 4) is 11.4 Å². The zero-order valence-corrected chi connectivity index (χ0v) is 14.8. The van der Waals surface area contributed by atoms with E-state index in [4.69, 9.17) is 10.3 Å². The first-order chi connectivity index (χ1) is 12.7. The van der Waals surface area contributed by atoms with Crippen molar-refractivity contribution in [3.63, 3.8) is 0 Å². The van der Waals surface area contributed by atoms with Crippen LogP contribution in [0.15, 0.2) is 22.9 Å². The lowest BCUT2D eigenvalue weighted by Crippen LogP contribution is -2.33. The van der Waals surface area contributed by atoms with Crippen LogP contribution in [0, 0.1) is 0 Å². The largest absolute Gasteiger partial charge is 0.357 e. The van der Waals surface area contributed by atoms with E-state index in [9.17, 15) is 4.79 Å². The van der Waals surface area contributed by atoms with Crippen LogP contribution < -0.4 is 10.6 Å². The highest BCUT2D eigenvalue weighted by Gasteiger charge is 2.25. The Bertz CT molecular complexity index is 753. The number of hydrogen-bond acceptors (Lipinski definition) is 7. The van der Waals surface area contributed by atoms with Crippen molar-refractivity contribution in [2.45, 2.75) is 38.1 Å². The van der Waals surface area contributed by atoms with Crippen LogP contribution in [0.1, 0.15) is 44.0 Å². The van der Waals surface area contributed by atoms with Gasteiger partial charge in [-0.15, -0.1) is 0 Å². The molecule has 4 heterocycles. The number of pyridine rings is 1. The third kappa shape index (κ3) is 3.55. The first-order valence-electron chi connectivity index (χ1n) is 9.29. The number of carbonyl (C=O) groups is 1. The summed E-state index contributed by atoms with van der Waals surface area (Å²) in [7, 11) is 0. The van der Waals surface area contributed by atoms with Crippen LogP contribution in [0.2, 0.25) is 0 Å². The Morgan fingerprint density at radius 2 is 2.00 bits per heavy atom. The lowest BCUT2D eigenvalue weighted by Gasteiger charge is -2.27. The molecule has 8 heteroatoms. The van der Waals surface area contributed by atoms with E-state index in [1.165, 1.54) is 19.3 Å². The predicted molar refractivity (Wildman–Crippen MR) is 96.3 cm³/mol. The van der Waals surface area contributed by atoms with Crippen molar-refractivity contribution < 1.29 is 9.32 Å². The fraction of sp³-hybridized carbons (Fsp3) is 0.556. The Morgan fingerprint density at radius 3 is 2.69 bits per heavy atom. The normalized spacial score (nSPS) is 19.2. The van der Waals surface area contributed by atoms with E-state index in [1.54, 1.807) is 11.1 Å². The second-order valence-corrected chi connectivity index (χ2v) is 6.96. The maximum absolute atomic E-state index is 11.7. The van der Waals surface area contributed by atoms with E-state index in [0.29, 0.717) is 24.7 Å². The molecule has 26 heavy (non-hydrogen) atoms. The van der Waals surface area contributed by atoms with Crippen LogP contribution >= 0.6 is 0 Å². The molecular weight excluding hydrogens is 332 g/mol. The second kappa shape index (κ2) is 7.41. The summed E-state index contributed by atoms with van der Waals surface area (Å²) in [6, 6.07) is 3.49. The van der Waals surface area contributed by atoms with E-state index in [0.717, 1.165) is 37.4 Å². The van der Waals surface area contributed by atoms with Gasteiger partial charge in [0.25, 0.3) is 0 Å². The van der Waals surface area contributed by atoms with Crippen LogP contribution in [0.3, 0.4) is 0 Å². The van der Waals surface area contributed by atoms with Crippen molar-refractivity contribution in [2.24, 2.45) is 5.73 Å². The molecule has 2 aliphatic heterocycles.